The van der Waals surface area contributed by atoms with Crippen molar-refractivity contribution in [2.24, 2.45) is 0 Å². The number of pyridine rings is 2. The SMILES string of the molecule is CCc1nc(N)ccc1-c1c(F)c(F)cc2cc(Cl)cnc12. The van der Waals surface area contributed by atoms with E-state index >= 15 is 0 Å². The molecule has 0 saturated carbocycles. The van der Waals surface area contributed by atoms with E-state index in [1.807, 2.05) is 6.92 Å². The number of anilines is 1. The molecule has 0 saturated heterocycles. The lowest BCUT2D eigenvalue weighted by Gasteiger charge is -2.12. The van der Waals surface area contributed by atoms with Gasteiger partial charge in [0.2, 0.25) is 0 Å². The van der Waals surface area contributed by atoms with E-state index in [2.05, 4.69) is 9.97 Å². The summed E-state index contributed by atoms with van der Waals surface area (Å²) in [6.07, 6.45) is 1.94. The first-order valence-electron chi connectivity index (χ1n) is 6.70. The number of hydrogen-bond acceptors (Lipinski definition) is 3. The zero-order chi connectivity index (χ0) is 15.9. The van der Waals surface area contributed by atoms with Gasteiger partial charge in [-0.3, -0.25) is 4.98 Å². The third kappa shape index (κ3) is 2.37. The number of halogens is 3. The summed E-state index contributed by atoms with van der Waals surface area (Å²) < 4.78 is 28.4. The minimum Gasteiger partial charge on any atom is -0.384 e. The Morgan fingerprint density at radius 1 is 1.23 bits per heavy atom. The predicted molar refractivity (Wildman–Crippen MR) is 83.7 cm³/mol. The Labute approximate surface area is 130 Å². The number of aromatic nitrogens is 2. The first-order valence-corrected chi connectivity index (χ1v) is 7.08. The standard InChI is InChI=1S/C16H12ClF2N3/c1-2-12-10(3-4-13(20)22-12)14-15(19)11(18)6-8-5-9(17)7-21-16(8)14/h3-7H,2H2,1H3,(H2,20,22). The molecule has 2 heterocycles. The lowest BCUT2D eigenvalue weighted by atomic mass is 9.98. The van der Waals surface area contributed by atoms with Crippen LogP contribution in [0, 0.1) is 11.6 Å². The highest BCUT2D eigenvalue weighted by atomic mass is 35.5. The highest BCUT2D eigenvalue weighted by molar-refractivity contribution is 6.31. The third-order valence-electron chi connectivity index (χ3n) is 3.43. The van der Waals surface area contributed by atoms with E-state index < -0.39 is 11.6 Å². The zero-order valence-corrected chi connectivity index (χ0v) is 12.5. The molecule has 0 spiro atoms. The van der Waals surface area contributed by atoms with Crippen molar-refractivity contribution in [3.63, 3.8) is 0 Å². The van der Waals surface area contributed by atoms with Gasteiger partial charge in [-0.2, -0.15) is 0 Å². The Morgan fingerprint density at radius 3 is 2.73 bits per heavy atom. The monoisotopic (exact) mass is 319 g/mol. The number of aryl methyl sites for hydroxylation is 1. The molecule has 2 N–H and O–H groups in total. The van der Waals surface area contributed by atoms with E-state index in [0.29, 0.717) is 39.4 Å². The van der Waals surface area contributed by atoms with Gasteiger partial charge >= 0.3 is 0 Å². The first-order chi connectivity index (χ1) is 10.5. The molecule has 2 aromatic heterocycles. The average Bonchev–Trinajstić information content (AvgIpc) is 2.49. The molecule has 1 aromatic carbocycles. The molecule has 3 rings (SSSR count). The van der Waals surface area contributed by atoms with Gasteiger partial charge in [0.15, 0.2) is 11.6 Å². The molecule has 0 aliphatic rings. The Morgan fingerprint density at radius 2 is 2.00 bits per heavy atom. The second kappa shape index (κ2) is 5.50. The van der Waals surface area contributed by atoms with Gasteiger partial charge in [0, 0.05) is 22.7 Å². The van der Waals surface area contributed by atoms with Crippen molar-refractivity contribution in [2.45, 2.75) is 13.3 Å². The summed E-state index contributed by atoms with van der Waals surface area (Å²) in [6.45, 7) is 1.87. The number of hydrogen-bond donors (Lipinski definition) is 1. The second-order valence-corrected chi connectivity index (χ2v) is 5.29. The van der Waals surface area contributed by atoms with Crippen molar-refractivity contribution in [1.29, 1.82) is 0 Å². The molecular formula is C16H12ClF2N3. The lowest BCUT2D eigenvalue weighted by Crippen LogP contribution is -2.01. The van der Waals surface area contributed by atoms with Crippen LogP contribution in [0.25, 0.3) is 22.0 Å². The number of benzene rings is 1. The van der Waals surface area contributed by atoms with E-state index in [-0.39, 0.29) is 5.56 Å². The number of nitrogens with zero attached hydrogens (tertiary/aromatic N) is 2. The van der Waals surface area contributed by atoms with E-state index in [1.165, 1.54) is 6.20 Å². The number of nitrogen functional groups attached to an aromatic ring is 1. The van der Waals surface area contributed by atoms with Gasteiger partial charge < -0.3 is 5.73 Å². The molecule has 0 bridgehead atoms. The number of rotatable bonds is 2. The van der Waals surface area contributed by atoms with Crippen LogP contribution in [0.2, 0.25) is 5.02 Å². The molecule has 0 unspecified atom stereocenters. The highest BCUT2D eigenvalue weighted by Crippen LogP contribution is 2.34. The van der Waals surface area contributed by atoms with Gasteiger partial charge in [-0.1, -0.05) is 18.5 Å². The minimum atomic E-state index is -0.955. The van der Waals surface area contributed by atoms with Crippen molar-refractivity contribution in [3.05, 3.63) is 52.8 Å². The molecule has 0 aliphatic carbocycles. The smallest absolute Gasteiger partial charge is 0.168 e. The van der Waals surface area contributed by atoms with Crippen molar-refractivity contribution in [2.75, 3.05) is 5.73 Å². The normalized spacial score (nSPS) is 11.1. The van der Waals surface area contributed by atoms with Gasteiger partial charge in [0.1, 0.15) is 5.82 Å². The van der Waals surface area contributed by atoms with Crippen LogP contribution in [0.4, 0.5) is 14.6 Å². The Kier molecular flexibility index (Phi) is 3.66. The maximum absolute atomic E-state index is 14.4. The Bertz CT molecular complexity index is 881. The van der Waals surface area contributed by atoms with Crippen LogP contribution in [0.15, 0.2) is 30.5 Å². The summed E-state index contributed by atoms with van der Waals surface area (Å²) in [5, 5.41) is 0.788. The molecule has 6 heteroatoms. The van der Waals surface area contributed by atoms with E-state index in [0.717, 1.165) is 6.07 Å². The Balaban J connectivity index is 2.42. The summed E-state index contributed by atoms with van der Waals surface area (Å²) in [5.74, 6) is -1.58. The molecule has 0 amide bonds. The van der Waals surface area contributed by atoms with Crippen LogP contribution in [-0.2, 0) is 6.42 Å². The molecule has 0 fully saturated rings. The zero-order valence-electron chi connectivity index (χ0n) is 11.7. The Hall–Kier alpha value is -2.27. The van der Waals surface area contributed by atoms with Crippen molar-refractivity contribution in [1.82, 2.24) is 9.97 Å². The van der Waals surface area contributed by atoms with Gasteiger partial charge in [0.05, 0.1) is 16.2 Å². The third-order valence-corrected chi connectivity index (χ3v) is 3.64. The minimum absolute atomic E-state index is 0.0796. The van der Waals surface area contributed by atoms with Crippen molar-refractivity contribution >= 4 is 28.3 Å². The van der Waals surface area contributed by atoms with Crippen molar-refractivity contribution in [3.8, 4) is 11.1 Å². The topological polar surface area (TPSA) is 51.8 Å². The van der Waals surface area contributed by atoms with Crippen LogP contribution in [0.1, 0.15) is 12.6 Å². The van der Waals surface area contributed by atoms with E-state index in [4.69, 9.17) is 17.3 Å². The van der Waals surface area contributed by atoms with Gasteiger partial charge in [-0.05, 0) is 30.7 Å². The van der Waals surface area contributed by atoms with Gasteiger partial charge in [0.25, 0.3) is 0 Å². The quantitative estimate of drug-likeness (QED) is 0.763. The second-order valence-electron chi connectivity index (χ2n) is 4.86. The molecular weight excluding hydrogens is 308 g/mol. The lowest BCUT2D eigenvalue weighted by molar-refractivity contribution is 0.513. The first kappa shape index (κ1) is 14.7. The predicted octanol–water partition coefficient (Wildman–Crippen LogP) is 4.37. The van der Waals surface area contributed by atoms with E-state index in [1.54, 1.807) is 18.2 Å². The van der Waals surface area contributed by atoms with Crippen molar-refractivity contribution < 1.29 is 8.78 Å². The van der Waals surface area contributed by atoms with E-state index in [9.17, 15) is 8.78 Å². The molecule has 3 nitrogen and oxygen atoms in total. The van der Waals surface area contributed by atoms with Gasteiger partial charge in [-0.15, -0.1) is 0 Å². The maximum atomic E-state index is 14.4. The van der Waals surface area contributed by atoms with Crippen LogP contribution >= 0.6 is 11.6 Å². The number of nitrogens with two attached hydrogens (primary N) is 1. The van der Waals surface area contributed by atoms with Crippen LogP contribution in [0.3, 0.4) is 0 Å². The summed E-state index contributed by atoms with van der Waals surface area (Å²) in [5.41, 5.74) is 7.15. The highest BCUT2D eigenvalue weighted by Gasteiger charge is 2.19. The van der Waals surface area contributed by atoms with Crippen LogP contribution in [0.5, 0.6) is 0 Å². The van der Waals surface area contributed by atoms with Crippen LogP contribution in [-0.4, -0.2) is 9.97 Å². The molecule has 22 heavy (non-hydrogen) atoms. The molecule has 0 radical (unpaired) electrons. The molecule has 0 atom stereocenters. The summed E-state index contributed by atoms with van der Waals surface area (Å²) >= 11 is 5.88. The fraction of sp³-hybridized carbons (Fsp3) is 0.125. The summed E-state index contributed by atoms with van der Waals surface area (Å²) in [6, 6.07) is 5.82. The fourth-order valence-electron chi connectivity index (χ4n) is 2.46. The van der Waals surface area contributed by atoms with Crippen LogP contribution < -0.4 is 5.73 Å². The summed E-state index contributed by atoms with van der Waals surface area (Å²) in [7, 11) is 0. The molecule has 3 aromatic rings. The fourth-order valence-corrected chi connectivity index (χ4v) is 2.62. The molecule has 112 valence electrons. The number of fused-ring (bicyclic) bond motifs is 1. The average molecular weight is 320 g/mol. The van der Waals surface area contributed by atoms with Gasteiger partial charge in [-0.25, -0.2) is 13.8 Å². The molecule has 0 aliphatic heterocycles. The summed E-state index contributed by atoms with van der Waals surface area (Å²) in [4.78, 5) is 8.36. The largest absolute Gasteiger partial charge is 0.384 e. The maximum Gasteiger partial charge on any atom is 0.168 e.